The van der Waals surface area contributed by atoms with Crippen molar-refractivity contribution in [2.45, 2.75) is 31.6 Å². The molecule has 2 N–H and O–H groups in total. The van der Waals surface area contributed by atoms with Crippen molar-refractivity contribution in [3.8, 4) is 0 Å². The Labute approximate surface area is 86.3 Å². The quantitative estimate of drug-likeness (QED) is 0.774. The third-order valence-corrected chi connectivity index (χ3v) is 3.56. The van der Waals surface area contributed by atoms with Crippen molar-refractivity contribution in [2.75, 3.05) is 6.54 Å². The van der Waals surface area contributed by atoms with Crippen molar-refractivity contribution in [1.29, 1.82) is 0 Å². The summed E-state index contributed by atoms with van der Waals surface area (Å²) in [5, 5.41) is 0. The molecule has 0 saturated heterocycles. The van der Waals surface area contributed by atoms with Gasteiger partial charge in [-0.15, -0.1) is 0 Å². The maximum Gasteiger partial charge on any atom is -0.000311 e. The number of hydrogen-bond acceptors (Lipinski definition) is 1. The molecule has 14 heavy (non-hydrogen) atoms. The summed E-state index contributed by atoms with van der Waals surface area (Å²) >= 11 is 0. The van der Waals surface area contributed by atoms with E-state index >= 15 is 0 Å². The maximum atomic E-state index is 5.78. The third kappa shape index (κ3) is 1.46. The van der Waals surface area contributed by atoms with Gasteiger partial charge in [0.15, 0.2) is 0 Å². The van der Waals surface area contributed by atoms with Crippen LogP contribution in [0.1, 0.15) is 31.7 Å². The van der Waals surface area contributed by atoms with E-state index in [0.717, 1.165) is 12.5 Å². The first kappa shape index (κ1) is 9.72. The second-order valence-corrected chi connectivity index (χ2v) is 4.41. The van der Waals surface area contributed by atoms with E-state index in [4.69, 9.17) is 5.73 Å². The normalized spacial score (nSPS) is 30.3. The molecule has 0 amide bonds. The van der Waals surface area contributed by atoms with Crippen LogP contribution in [-0.2, 0) is 5.41 Å². The molecule has 1 nitrogen and oxygen atoms in total. The monoisotopic (exact) mass is 189 g/mol. The fourth-order valence-electron chi connectivity index (χ4n) is 2.71. The lowest BCUT2D eigenvalue weighted by atomic mass is 9.89. The van der Waals surface area contributed by atoms with Gasteiger partial charge in [-0.2, -0.15) is 0 Å². The third-order valence-electron chi connectivity index (χ3n) is 3.56. The minimum Gasteiger partial charge on any atom is -0.330 e. The van der Waals surface area contributed by atoms with Crippen molar-refractivity contribution in [2.24, 2.45) is 11.7 Å². The van der Waals surface area contributed by atoms with E-state index in [9.17, 15) is 0 Å². The van der Waals surface area contributed by atoms with Crippen molar-refractivity contribution in [3.63, 3.8) is 0 Å². The van der Waals surface area contributed by atoms with Gasteiger partial charge in [0.05, 0.1) is 0 Å². The predicted molar refractivity (Wildman–Crippen MR) is 60.2 cm³/mol. The van der Waals surface area contributed by atoms with Crippen LogP contribution < -0.4 is 5.73 Å². The van der Waals surface area contributed by atoms with Crippen LogP contribution in [0.3, 0.4) is 0 Å². The zero-order valence-corrected chi connectivity index (χ0v) is 8.87. The summed E-state index contributed by atoms with van der Waals surface area (Å²) in [5.41, 5.74) is 7.71. The van der Waals surface area contributed by atoms with Crippen molar-refractivity contribution in [3.05, 3.63) is 35.9 Å². The predicted octanol–water partition coefficient (Wildman–Crippen LogP) is 2.70. The Hall–Kier alpha value is -0.820. The average molecular weight is 189 g/mol. The Balaban J connectivity index is 2.22. The molecular weight excluding hydrogens is 170 g/mol. The molecule has 2 atom stereocenters. The molecule has 0 radical (unpaired) electrons. The van der Waals surface area contributed by atoms with Crippen molar-refractivity contribution < 1.29 is 0 Å². The zero-order chi connectivity index (χ0) is 10.0. The van der Waals surface area contributed by atoms with Gasteiger partial charge in [0, 0.05) is 0 Å². The first-order chi connectivity index (χ1) is 6.83. The number of rotatable bonds is 4. The van der Waals surface area contributed by atoms with Gasteiger partial charge >= 0.3 is 0 Å². The molecule has 2 unspecified atom stereocenters. The van der Waals surface area contributed by atoms with Gasteiger partial charge < -0.3 is 5.73 Å². The second kappa shape index (κ2) is 3.74. The Kier molecular flexibility index (Phi) is 2.60. The molecule has 76 valence electrons. The lowest BCUT2D eigenvalue weighted by Gasteiger charge is -2.16. The molecule has 1 saturated carbocycles. The molecule has 0 bridgehead atoms. The number of hydrogen-bond donors (Lipinski definition) is 1. The molecule has 1 aromatic rings. The highest BCUT2D eigenvalue weighted by molar-refractivity contribution is 5.33. The fourth-order valence-corrected chi connectivity index (χ4v) is 2.71. The van der Waals surface area contributed by atoms with Crippen LogP contribution in [0, 0.1) is 5.92 Å². The molecule has 1 aromatic carbocycles. The lowest BCUT2D eigenvalue weighted by Crippen LogP contribution is -2.15. The first-order valence-electron chi connectivity index (χ1n) is 5.59. The molecule has 1 heteroatoms. The summed E-state index contributed by atoms with van der Waals surface area (Å²) in [6.07, 6.45) is 3.84. The van der Waals surface area contributed by atoms with Crippen LogP contribution in [-0.4, -0.2) is 6.54 Å². The van der Waals surface area contributed by atoms with Crippen LogP contribution in [0.25, 0.3) is 0 Å². The van der Waals surface area contributed by atoms with Gasteiger partial charge in [0.1, 0.15) is 0 Å². The summed E-state index contributed by atoms with van der Waals surface area (Å²) < 4.78 is 0. The topological polar surface area (TPSA) is 26.0 Å². The number of benzene rings is 1. The minimum atomic E-state index is 0.435. The van der Waals surface area contributed by atoms with Crippen LogP contribution in [0.5, 0.6) is 0 Å². The SMILES string of the molecule is CCCC1(c2ccccc2)CC1CN. The van der Waals surface area contributed by atoms with Crippen LogP contribution in [0.2, 0.25) is 0 Å². The Morgan fingerprint density at radius 3 is 2.57 bits per heavy atom. The number of nitrogens with two attached hydrogens (primary N) is 1. The van der Waals surface area contributed by atoms with Gasteiger partial charge in [-0.1, -0.05) is 43.7 Å². The van der Waals surface area contributed by atoms with E-state index in [0.29, 0.717) is 5.41 Å². The Morgan fingerprint density at radius 1 is 1.36 bits per heavy atom. The molecule has 2 rings (SSSR count). The molecule has 0 aliphatic heterocycles. The first-order valence-corrected chi connectivity index (χ1v) is 5.59. The highest BCUT2D eigenvalue weighted by atomic mass is 14.7. The van der Waals surface area contributed by atoms with Gasteiger partial charge in [0.25, 0.3) is 0 Å². The highest BCUT2D eigenvalue weighted by Gasteiger charge is 2.52. The zero-order valence-electron chi connectivity index (χ0n) is 8.87. The van der Waals surface area contributed by atoms with Gasteiger partial charge in [-0.05, 0) is 36.3 Å². The summed E-state index contributed by atoms with van der Waals surface area (Å²) in [4.78, 5) is 0. The molecule has 0 aromatic heterocycles. The largest absolute Gasteiger partial charge is 0.330 e. The van der Waals surface area contributed by atoms with Gasteiger partial charge in [-0.25, -0.2) is 0 Å². The standard InChI is InChI=1S/C13H19N/c1-2-8-13(9-12(13)10-14)11-6-4-3-5-7-11/h3-7,12H,2,8-10,14H2,1H3. The highest BCUT2D eigenvalue weighted by Crippen LogP contribution is 2.56. The van der Waals surface area contributed by atoms with E-state index in [1.165, 1.54) is 24.8 Å². The molecule has 1 fully saturated rings. The summed E-state index contributed by atoms with van der Waals surface area (Å²) in [6, 6.07) is 10.9. The van der Waals surface area contributed by atoms with E-state index in [1.807, 2.05) is 0 Å². The lowest BCUT2D eigenvalue weighted by molar-refractivity contribution is 0.548. The van der Waals surface area contributed by atoms with Gasteiger partial charge in [0.2, 0.25) is 0 Å². The second-order valence-electron chi connectivity index (χ2n) is 4.41. The van der Waals surface area contributed by atoms with E-state index in [2.05, 4.69) is 37.3 Å². The van der Waals surface area contributed by atoms with Crippen molar-refractivity contribution >= 4 is 0 Å². The smallest absolute Gasteiger partial charge is 0.000311 e. The molecule has 1 aliphatic rings. The Bertz CT molecular complexity index is 293. The maximum absolute atomic E-state index is 5.78. The van der Waals surface area contributed by atoms with E-state index in [-0.39, 0.29) is 0 Å². The Morgan fingerprint density at radius 2 is 2.07 bits per heavy atom. The van der Waals surface area contributed by atoms with E-state index < -0.39 is 0 Å². The minimum absolute atomic E-state index is 0.435. The fraction of sp³-hybridized carbons (Fsp3) is 0.538. The van der Waals surface area contributed by atoms with Crippen molar-refractivity contribution in [1.82, 2.24) is 0 Å². The van der Waals surface area contributed by atoms with Crippen LogP contribution in [0.4, 0.5) is 0 Å². The summed E-state index contributed by atoms with van der Waals surface area (Å²) in [5.74, 6) is 0.727. The van der Waals surface area contributed by atoms with Crippen LogP contribution >= 0.6 is 0 Å². The van der Waals surface area contributed by atoms with E-state index in [1.54, 1.807) is 0 Å². The summed E-state index contributed by atoms with van der Waals surface area (Å²) in [7, 11) is 0. The average Bonchev–Trinajstić information content (AvgIpc) is 2.95. The molecule has 0 spiro atoms. The van der Waals surface area contributed by atoms with Gasteiger partial charge in [-0.3, -0.25) is 0 Å². The molecule has 0 heterocycles. The summed E-state index contributed by atoms with van der Waals surface area (Å²) in [6.45, 7) is 3.10. The molecular formula is C13H19N. The van der Waals surface area contributed by atoms with Crippen LogP contribution in [0.15, 0.2) is 30.3 Å². The molecule has 1 aliphatic carbocycles.